The zero-order valence-corrected chi connectivity index (χ0v) is 15.2. The molecule has 0 bridgehead atoms. The quantitative estimate of drug-likeness (QED) is 0.552. The van der Waals surface area contributed by atoms with E-state index >= 15 is 0 Å². The molecule has 3 aromatic rings. The summed E-state index contributed by atoms with van der Waals surface area (Å²) >= 11 is 0. The molecular weight excluding hydrogens is 416 g/mol. The maximum Gasteiger partial charge on any atom is 0.416 e. The van der Waals surface area contributed by atoms with Gasteiger partial charge in [0.25, 0.3) is 5.91 Å². The number of para-hydroxylation sites is 1. The number of urea groups is 1. The van der Waals surface area contributed by atoms with Gasteiger partial charge in [0.2, 0.25) is 0 Å². The summed E-state index contributed by atoms with van der Waals surface area (Å²) in [6, 6.07) is 6.11. The van der Waals surface area contributed by atoms with Crippen molar-refractivity contribution in [1.82, 2.24) is 9.88 Å². The van der Waals surface area contributed by atoms with Gasteiger partial charge in [-0.2, -0.15) is 26.3 Å². The Hall–Kier alpha value is -3.50. The first-order valence-electron chi connectivity index (χ1n) is 8.32. The van der Waals surface area contributed by atoms with Gasteiger partial charge in [-0.3, -0.25) is 10.1 Å². The molecule has 0 unspecified atom stereocenters. The van der Waals surface area contributed by atoms with Crippen molar-refractivity contribution in [3.05, 3.63) is 65.4 Å². The minimum Gasteiger partial charge on any atom is -0.350 e. The Kier molecular flexibility index (Phi) is 5.23. The zero-order valence-electron chi connectivity index (χ0n) is 15.2. The number of alkyl halides is 6. The second-order valence-corrected chi connectivity index (χ2v) is 6.37. The highest BCUT2D eigenvalue weighted by Crippen LogP contribution is 2.37. The topological polar surface area (TPSA) is 63.1 Å². The largest absolute Gasteiger partial charge is 0.416 e. The number of rotatable bonds is 2. The van der Waals surface area contributed by atoms with Gasteiger partial charge in [0, 0.05) is 29.8 Å². The molecule has 0 spiro atoms. The van der Waals surface area contributed by atoms with Crippen LogP contribution in [0.15, 0.2) is 48.7 Å². The number of anilines is 1. The number of nitrogens with zero attached hydrogens (tertiary/aromatic N) is 1. The van der Waals surface area contributed by atoms with Crippen LogP contribution in [0.3, 0.4) is 0 Å². The molecule has 5 nitrogen and oxygen atoms in total. The summed E-state index contributed by atoms with van der Waals surface area (Å²) in [5.41, 5.74) is -3.14. The third-order valence-electron chi connectivity index (χ3n) is 4.21. The lowest BCUT2D eigenvalue weighted by atomic mass is 10.1. The molecule has 158 valence electrons. The highest BCUT2D eigenvalue weighted by Gasteiger charge is 2.37. The van der Waals surface area contributed by atoms with Crippen molar-refractivity contribution < 1.29 is 35.9 Å². The van der Waals surface area contributed by atoms with Gasteiger partial charge in [-0.05, 0) is 24.3 Å². The van der Waals surface area contributed by atoms with E-state index < -0.39 is 41.1 Å². The first-order chi connectivity index (χ1) is 13.9. The molecule has 0 saturated carbocycles. The van der Waals surface area contributed by atoms with E-state index in [0.717, 1.165) is 0 Å². The molecule has 0 aliphatic rings. The van der Waals surface area contributed by atoms with Crippen molar-refractivity contribution >= 4 is 28.5 Å². The van der Waals surface area contributed by atoms with E-state index in [9.17, 15) is 35.9 Å². The monoisotopic (exact) mass is 429 g/mol. The van der Waals surface area contributed by atoms with Crippen molar-refractivity contribution in [1.29, 1.82) is 0 Å². The predicted octanol–water partition coefficient (Wildman–Crippen LogP) is 5.18. The third kappa shape index (κ3) is 4.39. The number of fused-ring (bicyclic) bond motifs is 1. The smallest absolute Gasteiger partial charge is 0.350 e. The number of imide groups is 1. The number of amides is 3. The molecule has 2 aromatic carbocycles. The molecule has 2 N–H and O–H groups in total. The van der Waals surface area contributed by atoms with Crippen molar-refractivity contribution in [2.75, 3.05) is 5.32 Å². The van der Waals surface area contributed by atoms with E-state index in [1.807, 2.05) is 10.6 Å². The van der Waals surface area contributed by atoms with E-state index in [-0.39, 0.29) is 11.6 Å². The van der Waals surface area contributed by atoms with Crippen LogP contribution in [0.1, 0.15) is 21.5 Å². The van der Waals surface area contributed by atoms with Crippen molar-refractivity contribution in [3.8, 4) is 0 Å². The summed E-state index contributed by atoms with van der Waals surface area (Å²) in [6.07, 6.45) is -8.68. The zero-order chi connectivity index (χ0) is 22.3. The van der Waals surface area contributed by atoms with Crippen LogP contribution >= 0.6 is 0 Å². The molecule has 1 aromatic heterocycles. The maximum atomic E-state index is 12.9. The van der Waals surface area contributed by atoms with Crippen LogP contribution in [-0.2, 0) is 19.4 Å². The van der Waals surface area contributed by atoms with Gasteiger partial charge in [-0.1, -0.05) is 18.2 Å². The number of carbonyl (C=O) groups excluding carboxylic acids is 2. The van der Waals surface area contributed by atoms with E-state index in [1.165, 1.54) is 6.20 Å². The summed E-state index contributed by atoms with van der Waals surface area (Å²) < 4.78 is 79.1. The lowest BCUT2D eigenvalue weighted by Gasteiger charge is -2.14. The Bertz CT molecular complexity index is 1100. The molecule has 0 saturated heterocycles. The predicted molar refractivity (Wildman–Crippen MR) is 95.8 cm³/mol. The second kappa shape index (κ2) is 7.39. The van der Waals surface area contributed by atoms with Crippen LogP contribution in [0.2, 0.25) is 0 Å². The summed E-state index contributed by atoms with van der Waals surface area (Å²) in [6.45, 7) is 0. The van der Waals surface area contributed by atoms with Crippen LogP contribution in [0.4, 0.5) is 36.8 Å². The SMILES string of the molecule is Cn1cc(C(=O)NC(=O)Nc2cc(C(F)(F)F)cc(C(F)(F)F)c2)c2ccccc21. The van der Waals surface area contributed by atoms with E-state index in [1.54, 1.807) is 35.9 Å². The number of benzene rings is 2. The summed E-state index contributed by atoms with van der Waals surface area (Å²) in [4.78, 5) is 24.4. The Morgan fingerprint density at radius 1 is 0.900 bits per heavy atom. The summed E-state index contributed by atoms with van der Waals surface area (Å²) in [7, 11) is 1.67. The van der Waals surface area contributed by atoms with Crippen molar-refractivity contribution in [2.24, 2.45) is 7.05 Å². The van der Waals surface area contributed by atoms with Gasteiger partial charge in [-0.15, -0.1) is 0 Å². The first kappa shape index (κ1) is 21.2. The fraction of sp³-hybridized carbons (Fsp3) is 0.158. The minimum atomic E-state index is -5.06. The molecular formula is C19H13F6N3O2. The van der Waals surface area contributed by atoms with Crippen molar-refractivity contribution in [2.45, 2.75) is 12.4 Å². The van der Waals surface area contributed by atoms with Gasteiger partial charge >= 0.3 is 18.4 Å². The highest BCUT2D eigenvalue weighted by atomic mass is 19.4. The molecule has 0 aliphatic heterocycles. The number of halogens is 6. The molecule has 11 heteroatoms. The Morgan fingerprint density at radius 2 is 1.47 bits per heavy atom. The Balaban J connectivity index is 1.84. The molecule has 0 aliphatic carbocycles. The maximum absolute atomic E-state index is 12.9. The molecule has 0 radical (unpaired) electrons. The average molecular weight is 429 g/mol. The average Bonchev–Trinajstić information content (AvgIpc) is 2.97. The third-order valence-corrected chi connectivity index (χ3v) is 4.21. The molecule has 0 atom stereocenters. The van der Waals surface area contributed by atoms with Gasteiger partial charge in [0.1, 0.15) is 0 Å². The summed E-state index contributed by atoms with van der Waals surface area (Å²) in [5.74, 6) is -0.868. The van der Waals surface area contributed by atoms with Crippen LogP contribution in [0, 0.1) is 0 Å². The molecule has 1 heterocycles. The molecule has 3 amide bonds. The molecule has 0 fully saturated rings. The van der Waals surface area contributed by atoms with E-state index in [4.69, 9.17) is 0 Å². The number of carbonyl (C=O) groups is 2. The molecule has 30 heavy (non-hydrogen) atoms. The Morgan fingerprint density at radius 3 is 2.03 bits per heavy atom. The number of aryl methyl sites for hydroxylation is 1. The summed E-state index contributed by atoms with van der Waals surface area (Å²) in [5, 5.41) is 4.26. The fourth-order valence-electron chi connectivity index (χ4n) is 2.88. The normalized spacial score (nSPS) is 12.1. The lowest BCUT2D eigenvalue weighted by Crippen LogP contribution is -2.34. The van der Waals surface area contributed by atoms with Gasteiger partial charge < -0.3 is 9.88 Å². The Labute approximate surface area is 165 Å². The first-order valence-corrected chi connectivity index (χ1v) is 8.32. The number of aromatic nitrogens is 1. The number of hydrogen-bond donors (Lipinski definition) is 2. The molecule has 3 rings (SSSR count). The minimum absolute atomic E-state index is 0.0651. The fourth-order valence-corrected chi connectivity index (χ4v) is 2.88. The van der Waals surface area contributed by atoms with Crippen molar-refractivity contribution in [3.63, 3.8) is 0 Å². The second-order valence-electron chi connectivity index (χ2n) is 6.37. The number of hydrogen-bond acceptors (Lipinski definition) is 2. The van der Waals surface area contributed by atoms with Crippen LogP contribution < -0.4 is 10.6 Å². The number of nitrogens with one attached hydrogen (secondary N) is 2. The van der Waals surface area contributed by atoms with E-state index in [2.05, 4.69) is 0 Å². The van der Waals surface area contributed by atoms with Crippen LogP contribution in [0.5, 0.6) is 0 Å². The standard InChI is InChI=1S/C19H13F6N3O2/c1-28-9-14(13-4-2-3-5-15(13)28)16(29)27-17(30)26-12-7-10(18(20,21)22)6-11(8-12)19(23,24)25/h2-9H,1H3,(H2,26,27,29,30). The van der Waals surface area contributed by atoms with Crippen LogP contribution in [-0.4, -0.2) is 16.5 Å². The van der Waals surface area contributed by atoms with Gasteiger partial charge in [0.05, 0.1) is 16.7 Å². The van der Waals surface area contributed by atoms with E-state index in [0.29, 0.717) is 23.0 Å². The highest BCUT2D eigenvalue weighted by molar-refractivity contribution is 6.14. The lowest BCUT2D eigenvalue weighted by molar-refractivity contribution is -0.143. The van der Waals surface area contributed by atoms with Gasteiger partial charge in [0.15, 0.2) is 0 Å². The van der Waals surface area contributed by atoms with Crippen LogP contribution in [0.25, 0.3) is 10.9 Å². The van der Waals surface area contributed by atoms with Gasteiger partial charge in [-0.25, -0.2) is 4.79 Å².